The highest BCUT2D eigenvalue weighted by molar-refractivity contribution is 5.76. The van der Waals surface area contributed by atoms with Crippen LogP contribution in [0.25, 0.3) is 0 Å². The molecule has 3 heterocycles. The van der Waals surface area contributed by atoms with E-state index in [9.17, 15) is 0 Å². The smallest absolute Gasteiger partial charge is 0.231 e. The molecule has 0 atom stereocenters. The van der Waals surface area contributed by atoms with E-state index >= 15 is 0 Å². The summed E-state index contributed by atoms with van der Waals surface area (Å²) >= 11 is 0. The van der Waals surface area contributed by atoms with Crippen molar-refractivity contribution >= 4 is 23.1 Å². The molecule has 0 fully saturated rings. The number of nitrogen functional groups attached to an aromatic ring is 1. The van der Waals surface area contributed by atoms with Gasteiger partial charge in [0.05, 0.1) is 0 Å². The van der Waals surface area contributed by atoms with Crippen LogP contribution in [-0.2, 0) is 6.54 Å². The van der Waals surface area contributed by atoms with Gasteiger partial charge in [0.15, 0.2) is 23.1 Å². The first-order valence-corrected chi connectivity index (χ1v) is 7.70. The lowest BCUT2D eigenvalue weighted by molar-refractivity contribution is 0.174. The van der Waals surface area contributed by atoms with Gasteiger partial charge in [0.25, 0.3) is 0 Å². The third-order valence-electron chi connectivity index (χ3n) is 3.69. The summed E-state index contributed by atoms with van der Waals surface area (Å²) in [4.78, 5) is 12.6. The Morgan fingerprint density at radius 1 is 1.00 bits per heavy atom. The van der Waals surface area contributed by atoms with Crippen LogP contribution in [0.2, 0.25) is 0 Å². The van der Waals surface area contributed by atoms with Crippen molar-refractivity contribution < 1.29 is 9.47 Å². The Labute approximate surface area is 144 Å². The number of anilines is 4. The number of nitrogens with two attached hydrogens (primary N) is 1. The molecule has 3 aromatic rings. The molecule has 0 saturated carbocycles. The lowest BCUT2D eigenvalue weighted by Gasteiger charge is -2.12. The Morgan fingerprint density at radius 3 is 2.76 bits per heavy atom. The van der Waals surface area contributed by atoms with Crippen LogP contribution in [0.5, 0.6) is 11.5 Å². The molecule has 25 heavy (non-hydrogen) atoms. The Balaban J connectivity index is 1.48. The molecule has 0 spiro atoms. The number of nitrogens with zero attached hydrogens (tertiary/aromatic N) is 3. The Morgan fingerprint density at radius 2 is 1.88 bits per heavy atom. The Hall–Kier alpha value is -3.55. The maximum atomic E-state index is 6.16. The van der Waals surface area contributed by atoms with Gasteiger partial charge in [-0.25, -0.2) is 15.0 Å². The Kier molecular flexibility index (Phi) is 3.91. The van der Waals surface area contributed by atoms with Crippen molar-refractivity contribution in [3.05, 3.63) is 54.5 Å². The molecule has 8 heteroatoms. The van der Waals surface area contributed by atoms with E-state index in [1.165, 1.54) is 6.33 Å². The van der Waals surface area contributed by atoms with E-state index in [-0.39, 0.29) is 6.79 Å². The van der Waals surface area contributed by atoms with Crippen LogP contribution in [0.1, 0.15) is 5.56 Å². The molecule has 4 N–H and O–H groups in total. The first kappa shape index (κ1) is 15.0. The summed E-state index contributed by atoms with van der Waals surface area (Å²) < 4.78 is 10.7. The first-order chi connectivity index (χ1) is 12.3. The fraction of sp³-hybridized carbons (Fsp3) is 0.118. The zero-order chi connectivity index (χ0) is 17.1. The van der Waals surface area contributed by atoms with Gasteiger partial charge in [0.2, 0.25) is 6.79 Å². The molecule has 0 amide bonds. The topological polar surface area (TPSA) is 107 Å². The summed E-state index contributed by atoms with van der Waals surface area (Å²) in [6.45, 7) is 0.800. The van der Waals surface area contributed by atoms with Crippen LogP contribution in [0.15, 0.2) is 48.9 Å². The van der Waals surface area contributed by atoms with Crippen LogP contribution in [0.4, 0.5) is 23.1 Å². The maximum absolute atomic E-state index is 6.16. The summed E-state index contributed by atoms with van der Waals surface area (Å²) in [6, 6.07) is 11.3. The lowest BCUT2D eigenvalue weighted by atomic mass is 10.2. The number of hydrogen-bond acceptors (Lipinski definition) is 8. The summed E-state index contributed by atoms with van der Waals surface area (Å²) in [5, 5.41) is 6.29. The number of pyridine rings is 1. The number of aromatic nitrogens is 3. The molecule has 0 unspecified atom stereocenters. The number of ether oxygens (including phenoxy) is 2. The molecule has 1 aromatic carbocycles. The van der Waals surface area contributed by atoms with Crippen LogP contribution in [0, 0.1) is 0 Å². The Bertz CT molecular complexity index is 888. The first-order valence-electron chi connectivity index (χ1n) is 7.70. The van der Waals surface area contributed by atoms with E-state index in [1.807, 2.05) is 36.4 Å². The molecular weight excluding hydrogens is 320 g/mol. The summed E-state index contributed by atoms with van der Waals surface area (Å²) in [6.07, 6.45) is 3.14. The second-order valence-corrected chi connectivity index (χ2v) is 5.37. The molecule has 0 aliphatic carbocycles. The number of nitrogens with one attached hydrogen (secondary N) is 2. The predicted molar refractivity (Wildman–Crippen MR) is 93.9 cm³/mol. The summed E-state index contributed by atoms with van der Waals surface area (Å²) in [5.41, 5.74) is 7.62. The molecule has 126 valence electrons. The van der Waals surface area contributed by atoms with Crippen molar-refractivity contribution in [3.8, 4) is 11.5 Å². The zero-order valence-electron chi connectivity index (χ0n) is 13.3. The number of fused-ring (bicyclic) bond motifs is 1. The van der Waals surface area contributed by atoms with Crippen molar-refractivity contribution in [3.63, 3.8) is 0 Å². The molecule has 0 saturated heterocycles. The molecule has 0 radical (unpaired) electrons. The monoisotopic (exact) mass is 336 g/mol. The van der Waals surface area contributed by atoms with Crippen LogP contribution < -0.4 is 25.8 Å². The van der Waals surface area contributed by atoms with Gasteiger partial charge in [-0.3, -0.25) is 0 Å². The van der Waals surface area contributed by atoms with Gasteiger partial charge < -0.3 is 25.8 Å². The van der Waals surface area contributed by atoms with Gasteiger partial charge in [0, 0.05) is 12.7 Å². The molecule has 4 rings (SSSR count). The van der Waals surface area contributed by atoms with Gasteiger partial charge in [-0.15, -0.1) is 0 Å². The van der Waals surface area contributed by atoms with E-state index < -0.39 is 0 Å². The fourth-order valence-corrected chi connectivity index (χ4v) is 2.43. The molecule has 1 aliphatic rings. The van der Waals surface area contributed by atoms with Crippen LogP contribution >= 0.6 is 0 Å². The second kappa shape index (κ2) is 6.52. The van der Waals surface area contributed by atoms with Crippen molar-refractivity contribution in [2.24, 2.45) is 0 Å². The highest BCUT2D eigenvalue weighted by atomic mass is 16.7. The van der Waals surface area contributed by atoms with Crippen molar-refractivity contribution in [1.29, 1.82) is 0 Å². The quantitative estimate of drug-likeness (QED) is 0.652. The van der Waals surface area contributed by atoms with Crippen molar-refractivity contribution in [2.45, 2.75) is 6.54 Å². The SMILES string of the molecule is Nc1c(NCc2ccc3c(c2)OCO3)ncnc1Nc1ccccn1. The highest BCUT2D eigenvalue weighted by Crippen LogP contribution is 2.33. The minimum absolute atomic E-state index is 0.258. The maximum Gasteiger partial charge on any atom is 0.231 e. The van der Waals surface area contributed by atoms with E-state index in [0.717, 1.165) is 17.1 Å². The average Bonchev–Trinajstić information content (AvgIpc) is 3.11. The van der Waals surface area contributed by atoms with Crippen LogP contribution in [-0.4, -0.2) is 21.7 Å². The van der Waals surface area contributed by atoms with Crippen LogP contribution in [0.3, 0.4) is 0 Å². The highest BCUT2D eigenvalue weighted by Gasteiger charge is 2.14. The number of benzene rings is 1. The van der Waals surface area contributed by atoms with Crippen molar-refractivity contribution in [2.75, 3.05) is 23.2 Å². The molecule has 8 nitrogen and oxygen atoms in total. The lowest BCUT2D eigenvalue weighted by Crippen LogP contribution is -2.08. The van der Waals surface area contributed by atoms with Gasteiger partial charge in [0.1, 0.15) is 17.8 Å². The summed E-state index contributed by atoms with van der Waals surface area (Å²) in [7, 11) is 0. The number of hydrogen-bond donors (Lipinski definition) is 3. The van der Waals surface area contributed by atoms with E-state index in [1.54, 1.807) is 6.20 Å². The molecular formula is C17H16N6O2. The minimum atomic E-state index is 0.258. The van der Waals surface area contributed by atoms with Gasteiger partial charge >= 0.3 is 0 Å². The fourth-order valence-electron chi connectivity index (χ4n) is 2.43. The molecule has 2 aromatic heterocycles. The van der Waals surface area contributed by atoms with E-state index in [0.29, 0.717) is 29.7 Å². The normalized spacial score (nSPS) is 12.0. The predicted octanol–water partition coefficient (Wildman–Crippen LogP) is 2.54. The van der Waals surface area contributed by atoms with Crippen molar-refractivity contribution in [1.82, 2.24) is 15.0 Å². The number of rotatable bonds is 5. The standard InChI is InChI=1S/C17H16N6O2/c18-15-16(20-8-11-4-5-12-13(7-11)25-10-24-12)21-9-22-17(15)23-14-3-1-2-6-19-14/h1-7,9H,8,10,18H2,(H2,19,20,21,22,23). The third-order valence-corrected chi connectivity index (χ3v) is 3.69. The minimum Gasteiger partial charge on any atom is -0.454 e. The van der Waals surface area contributed by atoms with E-state index in [2.05, 4.69) is 25.6 Å². The van der Waals surface area contributed by atoms with E-state index in [4.69, 9.17) is 15.2 Å². The zero-order valence-corrected chi connectivity index (χ0v) is 13.3. The van der Waals surface area contributed by atoms with Gasteiger partial charge in [-0.05, 0) is 29.8 Å². The van der Waals surface area contributed by atoms with Gasteiger partial charge in [-0.1, -0.05) is 12.1 Å². The molecule has 0 bridgehead atoms. The largest absolute Gasteiger partial charge is 0.454 e. The second-order valence-electron chi connectivity index (χ2n) is 5.37. The van der Waals surface area contributed by atoms with Gasteiger partial charge in [-0.2, -0.15) is 0 Å². The molecule has 1 aliphatic heterocycles. The third kappa shape index (κ3) is 3.23. The summed E-state index contributed by atoms with van der Waals surface area (Å²) in [5.74, 6) is 3.21. The average molecular weight is 336 g/mol.